The molecule has 0 aliphatic carbocycles. The predicted octanol–water partition coefficient (Wildman–Crippen LogP) is 0.372. The Morgan fingerprint density at radius 1 is 2.00 bits per heavy atom. The number of hydrogen-bond acceptors (Lipinski definition) is 2. The van der Waals surface area contributed by atoms with Crippen molar-refractivity contribution in [1.82, 2.24) is 4.72 Å². The summed E-state index contributed by atoms with van der Waals surface area (Å²) in [5.74, 6) is -0.168. The van der Waals surface area contributed by atoms with Gasteiger partial charge in [-0.1, -0.05) is 6.92 Å². The van der Waals surface area contributed by atoms with Gasteiger partial charge in [-0.3, -0.25) is 0 Å². The van der Waals surface area contributed by atoms with E-state index in [1.54, 1.807) is 6.92 Å². The van der Waals surface area contributed by atoms with Crippen LogP contribution in [0.15, 0.2) is 0 Å². The summed E-state index contributed by atoms with van der Waals surface area (Å²) in [6.07, 6.45) is 0.448. The number of amides is 1. The van der Waals surface area contributed by atoms with Crippen LogP contribution >= 0.6 is 12.8 Å². The van der Waals surface area contributed by atoms with Gasteiger partial charge in [0.15, 0.2) is 12.8 Å². The third-order valence-corrected chi connectivity index (χ3v) is 0.637. The van der Waals surface area contributed by atoms with Gasteiger partial charge < -0.3 is 0 Å². The monoisotopic (exact) mass is 104 g/mol. The fraction of sp³-hybridized carbons (Fsp3) is 0.667. The van der Waals surface area contributed by atoms with E-state index in [2.05, 4.69) is 17.5 Å². The summed E-state index contributed by atoms with van der Waals surface area (Å²) in [5, 5.41) is 0. The average molecular weight is 104 g/mol. The number of rotatable bonds is 1. The molecular weight excluding hydrogens is 98.1 g/mol. The Bertz CT molecular complexity index is 48.8. The molecule has 0 heterocycles. The smallest absolute Gasteiger partial charge is 0.217 e. The van der Waals surface area contributed by atoms with Crippen LogP contribution in [-0.4, -0.2) is 5.91 Å². The Hall–Kier alpha value is -0.0200. The van der Waals surface area contributed by atoms with Crippen molar-refractivity contribution in [3.63, 3.8) is 0 Å². The molecule has 0 aliphatic heterocycles. The van der Waals surface area contributed by atoms with Gasteiger partial charge in [-0.2, -0.15) is 0 Å². The number of hydrogen-bond donors (Lipinski definition) is 1. The molecule has 0 unspecified atom stereocenters. The van der Waals surface area contributed by atoms with Gasteiger partial charge >= 0.3 is 5.91 Å². The summed E-state index contributed by atoms with van der Waals surface area (Å²) in [6.45, 7) is 1.74. The third-order valence-electron chi connectivity index (χ3n) is 0.414. The maximum atomic E-state index is 9.94. The Labute approximate surface area is 42.5 Å². The summed E-state index contributed by atoms with van der Waals surface area (Å²) in [4.78, 5) is 9.94. The van der Waals surface area contributed by atoms with E-state index in [1.807, 2.05) is 0 Å². The third kappa shape index (κ3) is 2.23. The SMILES string of the molecule is CCC(=O)[N+]S. The second-order valence-corrected chi connectivity index (χ2v) is 1.05. The number of nitrogens with zero attached hydrogens (tertiary/aromatic N) is 1. The lowest BCUT2D eigenvalue weighted by Gasteiger charge is -1.63. The van der Waals surface area contributed by atoms with E-state index in [0.29, 0.717) is 6.42 Å². The first-order valence-corrected chi connectivity index (χ1v) is 2.09. The van der Waals surface area contributed by atoms with E-state index in [4.69, 9.17) is 0 Å². The molecule has 2 nitrogen and oxygen atoms in total. The minimum absolute atomic E-state index is 0.168. The van der Waals surface area contributed by atoms with Crippen molar-refractivity contribution in [1.29, 1.82) is 0 Å². The Balaban J connectivity index is 2.99. The van der Waals surface area contributed by atoms with E-state index >= 15 is 0 Å². The zero-order valence-corrected chi connectivity index (χ0v) is 4.40. The zero-order valence-electron chi connectivity index (χ0n) is 3.51. The van der Waals surface area contributed by atoms with Crippen LogP contribution < -0.4 is 4.72 Å². The molecule has 1 amide bonds. The molecule has 2 radical (unpaired) electrons. The molecule has 0 rings (SSSR count). The predicted molar refractivity (Wildman–Crippen MR) is 26.4 cm³/mol. The van der Waals surface area contributed by atoms with Gasteiger partial charge in [0.25, 0.3) is 0 Å². The van der Waals surface area contributed by atoms with E-state index in [-0.39, 0.29) is 5.91 Å². The second kappa shape index (κ2) is 3.18. The lowest BCUT2D eigenvalue weighted by molar-refractivity contribution is -0.119. The quantitative estimate of drug-likeness (QED) is 0.479. The van der Waals surface area contributed by atoms with Gasteiger partial charge in [0.05, 0.1) is 6.42 Å². The molecule has 0 fully saturated rings. The molecule has 0 saturated heterocycles. The molecule has 0 aromatic heterocycles. The van der Waals surface area contributed by atoms with Gasteiger partial charge in [-0.15, -0.1) is 0 Å². The molecule has 0 saturated carbocycles. The van der Waals surface area contributed by atoms with Crippen molar-refractivity contribution < 1.29 is 4.79 Å². The molecule has 0 aliphatic rings. The molecule has 3 heteroatoms. The molecule has 0 atom stereocenters. The molecule has 0 bridgehead atoms. The topological polar surface area (TPSA) is 31.2 Å². The van der Waals surface area contributed by atoms with Crippen LogP contribution in [0.5, 0.6) is 0 Å². The van der Waals surface area contributed by atoms with E-state index in [1.165, 1.54) is 0 Å². The van der Waals surface area contributed by atoms with E-state index < -0.39 is 0 Å². The summed E-state index contributed by atoms with van der Waals surface area (Å²) < 4.78 is 3.06. The highest BCUT2D eigenvalue weighted by atomic mass is 32.1. The molecular formula is C3H6NOS+. The first-order valence-electron chi connectivity index (χ1n) is 1.69. The van der Waals surface area contributed by atoms with E-state index in [0.717, 1.165) is 0 Å². The summed E-state index contributed by atoms with van der Waals surface area (Å²) in [6, 6.07) is 0. The van der Waals surface area contributed by atoms with Crippen LogP contribution in [0.4, 0.5) is 0 Å². The van der Waals surface area contributed by atoms with Crippen LogP contribution in [-0.2, 0) is 4.79 Å². The maximum absolute atomic E-state index is 9.94. The van der Waals surface area contributed by atoms with Crippen molar-refractivity contribution >= 4 is 18.7 Å². The molecule has 0 spiro atoms. The number of carbonyl (C=O) groups is 1. The van der Waals surface area contributed by atoms with Gasteiger partial charge in [0.2, 0.25) is 4.72 Å². The second-order valence-electron chi connectivity index (χ2n) is 0.847. The molecule has 0 aromatic carbocycles. The Morgan fingerprint density at radius 3 is 2.50 bits per heavy atom. The lowest BCUT2D eigenvalue weighted by atomic mass is 10.5. The van der Waals surface area contributed by atoms with Gasteiger partial charge in [0, 0.05) is 0 Å². The highest BCUT2D eigenvalue weighted by molar-refractivity contribution is 7.78. The maximum Gasteiger partial charge on any atom is 0.436 e. The average Bonchev–Trinajstić information content (AvgIpc) is 1.65. The van der Waals surface area contributed by atoms with Crippen molar-refractivity contribution in [3.8, 4) is 0 Å². The van der Waals surface area contributed by atoms with Crippen LogP contribution in [0.25, 0.3) is 0 Å². The van der Waals surface area contributed by atoms with Crippen LogP contribution in [0.1, 0.15) is 13.3 Å². The van der Waals surface area contributed by atoms with E-state index in [9.17, 15) is 4.79 Å². The standard InChI is InChI=1S/C3H6NOS/c1-2-3(5)4-6/h6H,2H2,1H3/q+1. The zero-order chi connectivity index (χ0) is 4.99. The number of thiol groups is 1. The van der Waals surface area contributed by atoms with Crippen molar-refractivity contribution in [3.05, 3.63) is 0 Å². The fourth-order valence-corrected chi connectivity index (χ4v) is 0.212. The van der Waals surface area contributed by atoms with Crippen LogP contribution in [0.3, 0.4) is 0 Å². The highest BCUT2D eigenvalue weighted by Gasteiger charge is 2.07. The summed E-state index contributed by atoms with van der Waals surface area (Å²) in [5.41, 5.74) is 0. The summed E-state index contributed by atoms with van der Waals surface area (Å²) in [7, 11) is 0. The van der Waals surface area contributed by atoms with Gasteiger partial charge in [-0.25, -0.2) is 4.79 Å². The molecule has 0 aromatic rings. The minimum atomic E-state index is -0.168. The Morgan fingerprint density at radius 2 is 2.50 bits per heavy atom. The van der Waals surface area contributed by atoms with Crippen molar-refractivity contribution in [2.24, 2.45) is 0 Å². The van der Waals surface area contributed by atoms with Crippen molar-refractivity contribution in [2.75, 3.05) is 0 Å². The summed E-state index contributed by atoms with van der Waals surface area (Å²) >= 11 is 3.37. The van der Waals surface area contributed by atoms with Gasteiger partial charge in [-0.05, 0) is 0 Å². The van der Waals surface area contributed by atoms with Crippen molar-refractivity contribution in [2.45, 2.75) is 13.3 Å². The normalized spacial score (nSPS) is 8.33. The van der Waals surface area contributed by atoms with Crippen LogP contribution in [0, 0.1) is 0 Å². The largest absolute Gasteiger partial charge is 0.436 e. The van der Waals surface area contributed by atoms with Crippen LogP contribution in [0.2, 0.25) is 0 Å². The minimum Gasteiger partial charge on any atom is -0.217 e. The fourth-order valence-electron chi connectivity index (χ4n) is 0.0707. The first-order chi connectivity index (χ1) is 2.81. The van der Waals surface area contributed by atoms with Gasteiger partial charge in [0.1, 0.15) is 0 Å². The molecule has 34 valence electrons. The lowest BCUT2D eigenvalue weighted by Crippen LogP contribution is -2.01. The Kier molecular flexibility index (Phi) is 3.17. The first kappa shape index (κ1) is 5.98. The molecule has 0 N–H and O–H groups in total. The molecule has 6 heavy (non-hydrogen) atoms. The number of carbonyl (C=O) groups excluding carboxylic acids is 1. The highest BCUT2D eigenvalue weighted by Crippen LogP contribution is 1.75.